The lowest BCUT2D eigenvalue weighted by molar-refractivity contribution is 0.0939. The number of hydrogen-bond acceptors (Lipinski definition) is 2. The fourth-order valence-electron chi connectivity index (χ4n) is 1.40. The first kappa shape index (κ1) is 14.3. The average molecular weight is 322 g/mol. The standard InChI is InChI=1S/C11H13BrFNO2S/c1-7(6-17(2)16)14-11(15)10-8(12)4-3-5-9(10)13/h3-5,7H,6H2,1-2H3,(H,14,15). The molecule has 94 valence electrons. The van der Waals surface area contributed by atoms with E-state index in [4.69, 9.17) is 0 Å². The summed E-state index contributed by atoms with van der Waals surface area (Å²) >= 11 is 3.13. The van der Waals surface area contributed by atoms with E-state index in [1.807, 2.05) is 0 Å². The van der Waals surface area contributed by atoms with Crippen LogP contribution in [0.1, 0.15) is 17.3 Å². The smallest absolute Gasteiger partial charge is 0.255 e. The number of rotatable bonds is 4. The average Bonchev–Trinajstić information content (AvgIpc) is 2.15. The number of halogens is 2. The summed E-state index contributed by atoms with van der Waals surface area (Å²) in [6.07, 6.45) is 1.56. The molecular formula is C11H13BrFNO2S. The molecule has 0 heterocycles. The van der Waals surface area contributed by atoms with E-state index in [0.717, 1.165) is 0 Å². The maximum Gasteiger partial charge on any atom is 0.255 e. The Hall–Kier alpha value is -0.750. The van der Waals surface area contributed by atoms with E-state index in [1.165, 1.54) is 12.1 Å². The third-order valence-corrected chi connectivity index (χ3v) is 3.68. The van der Waals surface area contributed by atoms with Crippen molar-refractivity contribution in [2.75, 3.05) is 12.0 Å². The second-order valence-corrected chi connectivity index (χ2v) is 6.05. The van der Waals surface area contributed by atoms with E-state index in [2.05, 4.69) is 21.2 Å². The Kier molecular flexibility index (Phi) is 5.27. The van der Waals surface area contributed by atoms with Crippen molar-refractivity contribution >= 4 is 32.6 Å². The van der Waals surface area contributed by atoms with Gasteiger partial charge in [-0.2, -0.15) is 0 Å². The zero-order valence-corrected chi connectivity index (χ0v) is 11.9. The van der Waals surface area contributed by atoms with E-state index < -0.39 is 22.5 Å². The van der Waals surface area contributed by atoms with Crippen molar-refractivity contribution in [2.24, 2.45) is 0 Å². The molecule has 1 aromatic carbocycles. The lowest BCUT2D eigenvalue weighted by Gasteiger charge is -2.13. The molecule has 0 aliphatic heterocycles. The summed E-state index contributed by atoms with van der Waals surface area (Å²) in [5.74, 6) is -0.743. The quantitative estimate of drug-likeness (QED) is 0.923. The second-order valence-electron chi connectivity index (χ2n) is 3.71. The van der Waals surface area contributed by atoms with E-state index in [-0.39, 0.29) is 11.6 Å². The van der Waals surface area contributed by atoms with Crippen LogP contribution in [0.15, 0.2) is 22.7 Å². The SMILES string of the molecule is CC(CS(C)=O)NC(=O)c1c(F)cccc1Br. The summed E-state index contributed by atoms with van der Waals surface area (Å²) in [6, 6.07) is 4.07. The van der Waals surface area contributed by atoms with Crippen LogP contribution in [0.5, 0.6) is 0 Å². The molecule has 2 atom stereocenters. The molecule has 0 fully saturated rings. The molecule has 1 aromatic rings. The van der Waals surface area contributed by atoms with Gasteiger partial charge >= 0.3 is 0 Å². The minimum atomic E-state index is -0.999. The van der Waals surface area contributed by atoms with Crippen LogP contribution >= 0.6 is 15.9 Å². The third-order valence-electron chi connectivity index (χ3n) is 2.05. The van der Waals surface area contributed by atoms with Crippen LogP contribution in [-0.4, -0.2) is 28.2 Å². The molecular weight excluding hydrogens is 309 g/mol. The fraction of sp³-hybridized carbons (Fsp3) is 0.364. The van der Waals surface area contributed by atoms with Crippen molar-refractivity contribution in [1.82, 2.24) is 5.32 Å². The number of carbonyl (C=O) groups excluding carboxylic acids is 1. The Morgan fingerprint density at radius 2 is 2.24 bits per heavy atom. The zero-order chi connectivity index (χ0) is 13.0. The molecule has 0 saturated heterocycles. The molecule has 0 radical (unpaired) electrons. The predicted octanol–water partition coefficient (Wildman–Crippen LogP) is 2.08. The molecule has 1 amide bonds. The molecule has 0 spiro atoms. The van der Waals surface area contributed by atoms with Gasteiger partial charge in [0, 0.05) is 33.3 Å². The second kappa shape index (κ2) is 6.26. The summed E-state index contributed by atoms with van der Waals surface area (Å²) < 4.78 is 24.8. The van der Waals surface area contributed by atoms with Gasteiger partial charge in [-0.3, -0.25) is 9.00 Å². The Morgan fingerprint density at radius 1 is 1.59 bits per heavy atom. The molecule has 0 aliphatic carbocycles. The number of carbonyl (C=O) groups is 1. The summed E-state index contributed by atoms with van der Waals surface area (Å²) in [5.41, 5.74) is -0.0266. The van der Waals surface area contributed by atoms with Gasteiger partial charge in [0.15, 0.2) is 0 Å². The number of amides is 1. The van der Waals surface area contributed by atoms with E-state index in [0.29, 0.717) is 10.2 Å². The van der Waals surface area contributed by atoms with Gasteiger partial charge in [0.25, 0.3) is 5.91 Å². The van der Waals surface area contributed by atoms with Crippen molar-refractivity contribution in [3.05, 3.63) is 34.1 Å². The minimum absolute atomic E-state index is 0.0266. The first-order valence-corrected chi connectivity index (χ1v) is 7.48. The van der Waals surface area contributed by atoms with Crippen molar-refractivity contribution in [1.29, 1.82) is 0 Å². The summed E-state index contributed by atoms with van der Waals surface area (Å²) in [5, 5.41) is 2.61. The lowest BCUT2D eigenvalue weighted by Crippen LogP contribution is -2.36. The van der Waals surface area contributed by atoms with Crippen molar-refractivity contribution in [3.63, 3.8) is 0 Å². The normalized spacial score (nSPS) is 14.1. The van der Waals surface area contributed by atoms with Gasteiger partial charge in [0.2, 0.25) is 0 Å². The van der Waals surface area contributed by atoms with Crippen LogP contribution in [0.25, 0.3) is 0 Å². The largest absolute Gasteiger partial charge is 0.349 e. The van der Waals surface area contributed by atoms with Crippen molar-refractivity contribution in [2.45, 2.75) is 13.0 Å². The van der Waals surface area contributed by atoms with Crippen LogP contribution < -0.4 is 5.32 Å². The molecule has 0 bridgehead atoms. The molecule has 2 unspecified atom stereocenters. The summed E-state index contributed by atoms with van der Waals surface area (Å²) in [4.78, 5) is 11.8. The van der Waals surface area contributed by atoms with Gasteiger partial charge in [0.05, 0.1) is 5.56 Å². The topological polar surface area (TPSA) is 46.2 Å². The van der Waals surface area contributed by atoms with E-state index >= 15 is 0 Å². The minimum Gasteiger partial charge on any atom is -0.349 e. The maximum absolute atomic E-state index is 13.5. The summed E-state index contributed by atoms with van der Waals surface area (Å²) in [7, 11) is -0.999. The van der Waals surface area contributed by atoms with Gasteiger partial charge in [0.1, 0.15) is 5.82 Å². The highest BCUT2D eigenvalue weighted by molar-refractivity contribution is 9.10. The van der Waals surface area contributed by atoms with Gasteiger partial charge in [-0.05, 0) is 35.0 Å². The van der Waals surface area contributed by atoms with Crippen LogP contribution in [0.3, 0.4) is 0 Å². The van der Waals surface area contributed by atoms with Gasteiger partial charge in [-0.25, -0.2) is 4.39 Å². The molecule has 1 N–H and O–H groups in total. The zero-order valence-electron chi connectivity index (χ0n) is 9.50. The maximum atomic E-state index is 13.5. The van der Waals surface area contributed by atoms with Crippen LogP contribution in [0.4, 0.5) is 4.39 Å². The monoisotopic (exact) mass is 321 g/mol. The fourth-order valence-corrected chi connectivity index (χ4v) is 2.71. The third kappa shape index (κ3) is 4.20. The Labute approximate surface area is 110 Å². The molecule has 17 heavy (non-hydrogen) atoms. The first-order chi connectivity index (χ1) is 7.91. The Morgan fingerprint density at radius 3 is 2.76 bits per heavy atom. The van der Waals surface area contributed by atoms with Crippen molar-refractivity contribution < 1.29 is 13.4 Å². The van der Waals surface area contributed by atoms with Crippen LogP contribution in [0.2, 0.25) is 0 Å². The van der Waals surface area contributed by atoms with Gasteiger partial charge < -0.3 is 5.32 Å². The van der Waals surface area contributed by atoms with Crippen LogP contribution in [-0.2, 0) is 10.8 Å². The number of benzene rings is 1. The van der Waals surface area contributed by atoms with E-state index in [9.17, 15) is 13.4 Å². The Balaban J connectivity index is 2.80. The number of nitrogens with one attached hydrogen (secondary N) is 1. The van der Waals surface area contributed by atoms with Gasteiger partial charge in [-0.1, -0.05) is 6.07 Å². The highest BCUT2D eigenvalue weighted by Gasteiger charge is 2.17. The number of hydrogen-bond donors (Lipinski definition) is 1. The predicted molar refractivity (Wildman–Crippen MR) is 70.0 cm³/mol. The van der Waals surface area contributed by atoms with Gasteiger partial charge in [-0.15, -0.1) is 0 Å². The molecule has 6 heteroatoms. The van der Waals surface area contributed by atoms with Crippen molar-refractivity contribution in [3.8, 4) is 0 Å². The summed E-state index contributed by atoms with van der Waals surface area (Å²) in [6.45, 7) is 1.73. The molecule has 1 rings (SSSR count). The molecule has 3 nitrogen and oxygen atoms in total. The van der Waals surface area contributed by atoms with Crippen LogP contribution in [0, 0.1) is 5.82 Å². The highest BCUT2D eigenvalue weighted by atomic mass is 79.9. The lowest BCUT2D eigenvalue weighted by atomic mass is 10.2. The van der Waals surface area contributed by atoms with E-state index in [1.54, 1.807) is 19.2 Å². The first-order valence-electron chi connectivity index (χ1n) is 4.96. The highest BCUT2D eigenvalue weighted by Crippen LogP contribution is 2.19. The molecule has 0 aromatic heterocycles. The Bertz CT molecular complexity index is 433. The molecule has 0 aliphatic rings. The molecule has 0 saturated carbocycles.